The standard InChI is InChI=1S/C5H5N.C4H9NO.CHN/c1-2-4-6-5-3-1;1-3-6-4-2-5-1;1-2/h1-5H;5H,1-4H2;1H. The Bertz CT molecular complexity index is 171. The second kappa shape index (κ2) is 11.6. The number of morpholine rings is 1. The summed E-state index contributed by atoms with van der Waals surface area (Å²) in [6.45, 7) is 7.33. The monoisotopic (exact) mass is 193 g/mol. The van der Waals surface area contributed by atoms with E-state index in [0.717, 1.165) is 26.3 Å². The Hall–Kier alpha value is -1.44. The maximum Gasteiger partial charge on any atom is 0.0591 e. The van der Waals surface area contributed by atoms with Crippen LogP contribution in [0.5, 0.6) is 0 Å². The van der Waals surface area contributed by atoms with Crippen molar-refractivity contribution >= 4 is 0 Å². The Morgan fingerprint density at radius 1 is 1.07 bits per heavy atom. The number of nitriles is 1. The molecular weight excluding hydrogens is 178 g/mol. The fourth-order valence-corrected chi connectivity index (χ4v) is 0.828. The zero-order chi connectivity index (χ0) is 10.5. The first-order chi connectivity index (χ1) is 7.00. The number of ether oxygens (including phenoxy) is 1. The molecule has 4 heteroatoms. The molecule has 0 spiro atoms. The molecule has 0 saturated carbocycles. The topological polar surface area (TPSA) is 57.9 Å². The van der Waals surface area contributed by atoms with Gasteiger partial charge in [-0.1, -0.05) is 6.07 Å². The third kappa shape index (κ3) is 8.65. The molecule has 76 valence electrons. The smallest absolute Gasteiger partial charge is 0.0591 e. The van der Waals surface area contributed by atoms with Gasteiger partial charge in [-0.2, -0.15) is 0 Å². The fourth-order valence-electron chi connectivity index (χ4n) is 0.828. The summed E-state index contributed by atoms with van der Waals surface area (Å²) in [6.07, 6.45) is 3.50. The summed E-state index contributed by atoms with van der Waals surface area (Å²) in [7, 11) is 0. The molecule has 2 heterocycles. The highest BCUT2D eigenvalue weighted by Gasteiger charge is 1.92. The summed E-state index contributed by atoms with van der Waals surface area (Å²) in [5.41, 5.74) is 0. The fraction of sp³-hybridized carbons (Fsp3) is 0.400. The Balaban J connectivity index is 0.000000206. The molecular formula is C10H15N3O. The zero-order valence-electron chi connectivity index (χ0n) is 8.10. The highest BCUT2D eigenvalue weighted by Crippen LogP contribution is 1.76. The molecule has 0 aromatic carbocycles. The molecule has 2 rings (SSSR count). The average molecular weight is 193 g/mol. The van der Waals surface area contributed by atoms with Gasteiger partial charge in [-0.05, 0) is 12.1 Å². The van der Waals surface area contributed by atoms with Crippen LogP contribution in [0, 0.1) is 11.8 Å². The van der Waals surface area contributed by atoms with Crippen LogP contribution in [-0.2, 0) is 4.74 Å². The predicted octanol–water partition coefficient (Wildman–Crippen LogP) is 0.828. The van der Waals surface area contributed by atoms with Gasteiger partial charge >= 0.3 is 0 Å². The van der Waals surface area contributed by atoms with Crippen LogP contribution in [0.2, 0.25) is 0 Å². The summed E-state index contributed by atoms with van der Waals surface area (Å²) in [5, 5.41) is 9.66. The van der Waals surface area contributed by atoms with E-state index in [4.69, 9.17) is 10.00 Å². The normalized spacial score (nSPS) is 13.9. The quantitative estimate of drug-likeness (QED) is 0.663. The Labute approximate surface area is 84.5 Å². The van der Waals surface area contributed by atoms with Gasteiger partial charge in [0.25, 0.3) is 0 Å². The predicted molar refractivity (Wildman–Crippen MR) is 54.6 cm³/mol. The lowest BCUT2D eigenvalue weighted by molar-refractivity contribution is 0.109. The first-order valence-electron chi connectivity index (χ1n) is 4.39. The lowest BCUT2D eigenvalue weighted by Crippen LogP contribution is -2.30. The second-order valence-electron chi connectivity index (χ2n) is 2.39. The highest BCUT2D eigenvalue weighted by atomic mass is 16.5. The van der Waals surface area contributed by atoms with Crippen molar-refractivity contribution in [2.45, 2.75) is 0 Å². The van der Waals surface area contributed by atoms with E-state index < -0.39 is 0 Å². The van der Waals surface area contributed by atoms with Crippen molar-refractivity contribution in [3.05, 3.63) is 30.6 Å². The largest absolute Gasteiger partial charge is 0.379 e. The summed E-state index contributed by atoms with van der Waals surface area (Å²) < 4.78 is 5.01. The van der Waals surface area contributed by atoms with Gasteiger partial charge < -0.3 is 10.1 Å². The molecule has 0 atom stereocenters. The molecule has 14 heavy (non-hydrogen) atoms. The number of hydrogen-bond donors (Lipinski definition) is 1. The molecule has 1 aliphatic heterocycles. The van der Waals surface area contributed by atoms with Crippen molar-refractivity contribution < 1.29 is 4.74 Å². The third-order valence-corrected chi connectivity index (χ3v) is 1.41. The van der Waals surface area contributed by atoms with Gasteiger partial charge in [0.05, 0.1) is 13.2 Å². The Morgan fingerprint density at radius 3 is 1.79 bits per heavy atom. The van der Waals surface area contributed by atoms with E-state index in [9.17, 15) is 0 Å². The van der Waals surface area contributed by atoms with Crippen LogP contribution in [0.25, 0.3) is 0 Å². The maximum atomic E-state index is 6.50. The molecule has 0 unspecified atom stereocenters. The maximum absolute atomic E-state index is 6.50. The van der Waals surface area contributed by atoms with Crippen molar-refractivity contribution in [1.29, 1.82) is 5.26 Å². The highest BCUT2D eigenvalue weighted by molar-refractivity contribution is 4.88. The lowest BCUT2D eigenvalue weighted by atomic mass is 10.5. The average Bonchev–Trinajstić information content (AvgIpc) is 2.37. The van der Waals surface area contributed by atoms with E-state index >= 15 is 0 Å². The molecule has 0 aliphatic carbocycles. The summed E-state index contributed by atoms with van der Waals surface area (Å²) in [4.78, 5) is 3.78. The SMILES string of the molecule is C#N.C1COCCN1.c1ccncc1. The Morgan fingerprint density at radius 2 is 1.64 bits per heavy atom. The molecule has 1 aliphatic rings. The number of aromatic nitrogens is 1. The van der Waals surface area contributed by atoms with Crippen LogP contribution in [-0.4, -0.2) is 31.3 Å². The Kier molecular flexibility index (Phi) is 10.4. The number of nitrogens with zero attached hydrogens (tertiary/aromatic N) is 2. The summed E-state index contributed by atoms with van der Waals surface area (Å²) >= 11 is 0. The number of rotatable bonds is 0. The van der Waals surface area contributed by atoms with E-state index in [0.29, 0.717) is 0 Å². The third-order valence-electron chi connectivity index (χ3n) is 1.41. The molecule has 1 saturated heterocycles. The van der Waals surface area contributed by atoms with Gasteiger partial charge in [0.2, 0.25) is 0 Å². The summed E-state index contributed by atoms with van der Waals surface area (Å²) in [5.74, 6) is 0. The second-order valence-corrected chi connectivity index (χ2v) is 2.39. The minimum absolute atomic E-state index is 0.889. The van der Waals surface area contributed by atoms with Crippen molar-refractivity contribution in [2.24, 2.45) is 0 Å². The first kappa shape index (κ1) is 12.6. The van der Waals surface area contributed by atoms with Crippen LogP contribution in [0.1, 0.15) is 0 Å². The van der Waals surface area contributed by atoms with Crippen LogP contribution >= 0.6 is 0 Å². The first-order valence-corrected chi connectivity index (χ1v) is 4.39. The number of hydrogen-bond acceptors (Lipinski definition) is 4. The van der Waals surface area contributed by atoms with Crippen molar-refractivity contribution in [3.8, 4) is 6.57 Å². The number of pyridine rings is 1. The van der Waals surface area contributed by atoms with Crippen LogP contribution in [0.15, 0.2) is 30.6 Å². The van der Waals surface area contributed by atoms with Crippen molar-refractivity contribution in [3.63, 3.8) is 0 Å². The lowest BCUT2D eigenvalue weighted by Gasteiger charge is -2.10. The van der Waals surface area contributed by atoms with E-state index in [1.165, 1.54) is 0 Å². The zero-order valence-corrected chi connectivity index (χ0v) is 8.10. The van der Waals surface area contributed by atoms with Gasteiger partial charge in [0, 0.05) is 32.1 Å². The van der Waals surface area contributed by atoms with Crippen LogP contribution in [0.4, 0.5) is 0 Å². The minimum Gasteiger partial charge on any atom is -0.379 e. The van der Waals surface area contributed by atoms with E-state index in [1.807, 2.05) is 18.2 Å². The van der Waals surface area contributed by atoms with Gasteiger partial charge in [0.1, 0.15) is 0 Å². The number of nitrogens with one attached hydrogen (secondary N) is 1. The van der Waals surface area contributed by atoms with Crippen molar-refractivity contribution in [1.82, 2.24) is 10.3 Å². The van der Waals surface area contributed by atoms with Crippen molar-refractivity contribution in [2.75, 3.05) is 26.3 Å². The van der Waals surface area contributed by atoms with Gasteiger partial charge in [-0.15, -0.1) is 0 Å². The minimum atomic E-state index is 0.889. The van der Waals surface area contributed by atoms with Crippen LogP contribution in [0.3, 0.4) is 0 Å². The van der Waals surface area contributed by atoms with Gasteiger partial charge in [-0.3, -0.25) is 4.98 Å². The van der Waals surface area contributed by atoms with E-state index in [-0.39, 0.29) is 0 Å². The van der Waals surface area contributed by atoms with E-state index in [1.54, 1.807) is 12.4 Å². The molecule has 1 aromatic rings. The van der Waals surface area contributed by atoms with Crippen LogP contribution < -0.4 is 5.32 Å². The van der Waals surface area contributed by atoms with Gasteiger partial charge in [0.15, 0.2) is 0 Å². The molecule has 0 radical (unpaired) electrons. The van der Waals surface area contributed by atoms with Gasteiger partial charge in [-0.25, -0.2) is 5.26 Å². The molecule has 4 nitrogen and oxygen atoms in total. The van der Waals surface area contributed by atoms with E-state index in [2.05, 4.69) is 16.9 Å². The summed E-state index contributed by atoms with van der Waals surface area (Å²) in [6, 6.07) is 5.72. The molecule has 1 fully saturated rings. The molecule has 0 bridgehead atoms. The molecule has 1 N–H and O–H groups in total. The molecule has 0 amide bonds. The molecule has 1 aromatic heterocycles.